The van der Waals surface area contributed by atoms with Gasteiger partial charge in [0.2, 0.25) is 0 Å². The second-order valence-corrected chi connectivity index (χ2v) is 6.64. The van der Waals surface area contributed by atoms with Crippen LogP contribution in [-0.4, -0.2) is 42.7 Å². The van der Waals surface area contributed by atoms with Crippen molar-refractivity contribution >= 4 is 41.5 Å². The molecule has 0 bridgehead atoms. The summed E-state index contributed by atoms with van der Waals surface area (Å²) in [7, 11) is 0. The Morgan fingerprint density at radius 1 is 1.07 bits per heavy atom. The van der Waals surface area contributed by atoms with Crippen molar-refractivity contribution in [3.8, 4) is 0 Å². The standard InChI is InChI=1S/C19H20ClN3O3.ClH/c20-14-7-5-12(6-8-14)18(25)23-16-4-2-1-3-15(16)19(26)22-10-13-9-21-11-17(13)24;/h1-8,13,17,21,24H,9-11H2,(H,22,26)(H,23,25);1H. The predicted molar refractivity (Wildman–Crippen MR) is 108 cm³/mol. The molecule has 0 saturated carbocycles. The maximum Gasteiger partial charge on any atom is 0.255 e. The lowest BCUT2D eigenvalue weighted by atomic mass is 10.1. The number of nitrogens with one attached hydrogen (secondary N) is 3. The van der Waals surface area contributed by atoms with Gasteiger partial charge in [0.05, 0.1) is 17.4 Å². The smallest absolute Gasteiger partial charge is 0.255 e. The Balaban J connectivity index is 0.00000261. The summed E-state index contributed by atoms with van der Waals surface area (Å²) in [5.41, 5.74) is 1.25. The fourth-order valence-corrected chi connectivity index (χ4v) is 2.96. The average molecular weight is 410 g/mol. The maximum atomic E-state index is 12.5. The molecule has 0 aliphatic carbocycles. The first-order valence-electron chi connectivity index (χ1n) is 8.37. The van der Waals surface area contributed by atoms with E-state index in [0.717, 1.165) is 0 Å². The monoisotopic (exact) mass is 409 g/mol. The number of amides is 2. The van der Waals surface area contributed by atoms with Gasteiger partial charge in [-0.3, -0.25) is 9.59 Å². The van der Waals surface area contributed by atoms with E-state index < -0.39 is 6.10 Å². The van der Waals surface area contributed by atoms with Crippen molar-refractivity contribution in [3.63, 3.8) is 0 Å². The summed E-state index contributed by atoms with van der Waals surface area (Å²) in [6.45, 7) is 1.57. The Hall–Kier alpha value is -2.12. The molecule has 0 aromatic heterocycles. The van der Waals surface area contributed by atoms with Gasteiger partial charge in [-0.2, -0.15) is 0 Å². The van der Waals surface area contributed by atoms with Crippen molar-refractivity contribution in [3.05, 3.63) is 64.7 Å². The van der Waals surface area contributed by atoms with Gasteiger partial charge >= 0.3 is 0 Å². The molecule has 0 spiro atoms. The van der Waals surface area contributed by atoms with Gasteiger partial charge < -0.3 is 21.1 Å². The zero-order valence-electron chi connectivity index (χ0n) is 14.4. The molecular formula is C19H21Cl2N3O3. The minimum atomic E-state index is -0.463. The van der Waals surface area contributed by atoms with Crippen LogP contribution in [0.5, 0.6) is 0 Å². The number of carbonyl (C=O) groups is 2. The molecule has 1 saturated heterocycles. The molecular weight excluding hydrogens is 389 g/mol. The Morgan fingerprint density at radius 3 is 2.44 bits per heavy atom. The molecule has 2 aromatic carbocycles. The van der Waals surface area contributed by atoms with Crippen LogP contribution in [0.4, 0.5) is 5.69 Å². The van der Waals surface area contributed by atoms with E-state index in [4.69, 9.17) is 11.6 Å². The molecule has 1 aliphatic heterocycles. The van der Waals surface area contributed by atoms with Crippen LogP contribution >= 0.6 is 24.0 Å². The number of para-hydroxylation sites is 1. The SMILES string of the molecule is Cl.O=C(Nc1ccccc1C(=O)NCC1CNCC1O)c1ccc(Cl)cc1. The number of rotatable bonds is 5. The van der Waals surface area contributed by atoms with Crippen LogP contribution in [0.25, 0.3) is 0 Å². The van der Waals surface area contributed by atoms with E-state index in [0.29, 0.717) is 41.5 Å². The quantitative estimate of drug-likeness (QED) is 0.609. The third kappa shape index (κ3) is 5.43. The van der Waals surface area contributed by atoms with Crippen molar-refractivity contribution in [2.24, 2.45) is 5.92 Å². The number of hydrogen-bond donors (Lipinski definition) is 4. The average Bonchev–Trinajstić information content (AvgIpc) is 3.05. The van der Waals surface area contributed by atoms with Gasteiger partial charge in [0.15, 0.2) is 0 Å². The van der Waals surface area contributed by atoms with Crippen molar-refractivity contribution in [2.45, 2.75) is 6.10 Å². The number of halogens is 2. The minimum Gasteiger partial charge on any atom is -0.391 e. The van der Waals surface area contributed by atoms with E-state index in [1.807, 2.05) is 0 Å². The van der Waals surface area contributed by atoms with Crippen LogP contribution in [0.1, 0.15) is 20.7 Å². The van der Waals surface area contributed by atoms with Crippen LogP contribution in [0.3, 0.4) is 0 Å². The summed E-state index contributed by atoms with van der Waals surface area (Å²) < 4.78 is 0. The third-order valence-electron chi connectivity index (χ3n) is 4.36. The Labute approximate surface area is 168 Å². The number of hydrogen-bond acceptors (Lipinski definition) is 4. The first-order valence-corrected chi connectivity index (χ1v) is 8.75. The molecule has 2 atom stereocenters. The molecule has 27 heavy (non-hydrogen) atoms. The van der Waals surface area contributed by atoms with Crippen LogP contribution < -0.4 is 16.0 Å². The molecule has 0 radical (unpaired) electrons. The van der Waals surface area contributed by atoms with Gasteiger partial charge in [-0.25, -0.2) is 0 Å². The van der Waals surface area contributed by atoms with E-state index in [-0.39, 0.29) is 30.1 Å². The lowest BCUT2D eigenvalue weighted by Gasteiger charge is -2.15. The number of β-amino-alcohol motifs (C(OH)–C–C–N with tert-alkyl or cyclic N) is 1. The second kappa shape index (κ2) is 9.71. The predicted octanol–water partition coefficient (Wildman–Crippen LogP) is 2.32. The van der Waals surface area contributed by atoms with Gasteiger partial charge in [-0.1, -0.05) is 23.7 Å². The van der Waals surface area contributed by atoms with Gasteiger partial charge in [0.1, 0.15) is 0 Å². The van der Waals surface area contributed by atoms with Crippen LogP contribution in [0, 0.1) is 5.92 Å². The number of anilines is 1. The molecule has 2 unspecified atom stereocenters. The van der Waals surface area contributed by atoms with Gasteiger partial charge in [0.25, 0.3) is 11.8 Å². The molecule has 1 fully saturated rings. The number of aliphatic hydroxyl groups excluding tert-OH is 1. The zero-order chi connectivity index (χ0) is 18.5. The van der Waals surface area contributed by atoms with Crippen molar-refractivity contribution in [2.75, 3.05) is 25.0 Å². The van der Waals surface area contributed by atoms with Crippen LogP contribution in [0.2, 0.25) is 5.02 Å². The van der Waals surface area contributed by atoms with Gasteiger partial charge in [-0.15, -0.1) is 12.4 Å². The normalized spacial score (nSPS) is 18.4. The molecule has 6 nitrogen and oxygen atoms in total. The first kappa shape index (κ1) is 21.2. The lowest BCUT2D eigenvalue weighted by Crippen LogP contribution is -2.34. The Kier molecular flexibility index (Phi) is 7.62. The molecule has 1 aliphatic rings. The van der Waals surface area contributed by atoms with E-state index in [9.17, 15) is 14.7 Å². The highest BCUT2D eigenvalue weighted by Crippen LogP contribution is 2.18. The summed E-state index contributed by atoms with van der Waals surface area (Å²) >= 11 is 5.84. The fourth-order valence-electron chi connectivity index (χ4n) is 2.83. The molecule has 4 N–H and O–H groups in total. The van der Waals surface area contributed by atoms with E-state index >= 15 is 0 Å². The minimum absolute atomic E-state index is 0. The maximum absolute atomic E-state index is 12.5. The van der Waals surface area contributed by atoms with E-state index in [1.54, 1.807) is 48.5 Å². The summed E-state index contributed by atoms with van der Waals surface area (Å²) in [6, 6.07) is 13.3. The molecule has 3 rings (SSSR count). The Morgan fingerprint density at radius 2 is 1.78 bits per heavy atom. The van der Waals surface area contributed by atoms with Crippen LogP contribution in [0.15, 0.2) is 48.5 Å². The number of carbonyl (C=O) groups excluding carboxylic acids is 2. The fraction of sp³-hybridized carbons (Fsp3) is 0.263. The van der Waals surface area contributed by atoms with E-state index in [2.05, 4.69) is 16.0 Å². The molecule has 8 heteroatoms. The summed E-state index contributed by atoms with van der Waals surface area (Å²) in [6.07, 6.45) is -0.463. The van der Waals surface area contributed by atoms with Gasteiger partial charge in [-0.05, 0) is 36.4 Å². The second-order valence-electron chi connectivity index (χ2n) is 6.20. The molecule has 144 valence electrons. The lowest BCUT2D eigenvalue weighted by molar-refractivity contribution is 0.0928. The summed E-state index contributed by atoms with van der Waals surface area (Å²) in [5.74, 6) is -0.636. The molecule has 2 aromatic rings. The topological polar surface area (TPSA) is 90.5 Å². The largest absolute Gasteiger partial charge is 0.391 e. The Bertz CT molecular complexity index is 799. The summed E-state index contributed by atoms with van der Waals surface area (Å²) in [4.78, 5) is 24.9. The van der Waals surface area contributed by atoms with Crippen molar-refractivity contribution in [1.82, 2.24) is 10.6 Å². The highest BCUT2D eigenvalue weighted by molar-refractivity contribution is 6.30. The molecule has 1 heterocycles. The zero-order valence-corrected chi connectivity index (χ0v) is 16.0. The summed E-state index contributed by atoms with van der Waals surface area (Å²) in [5, 5.41) is 19.0. The number of benzene rings is 2. The molecule has 2 amide bonds. The van der Waals surface area contributed by atoms with Crippen LogP contribution in [-0.2, 0) is 0 Å². The van der Waals surface area contributed by atoms with Crippen molar-refractivity contribution < 1.29 is 14.7 Å². The van der Waals surface area contributed by atoms with Crippen molar-refractivity contribution in [1.29, 1.82) is 0 Å². The highest BCUT2D eigenvalue weighted by atomic mass is 35.5. The van der Waals surface area contributed by atoms with E-state index in [1.165, 1.54) is 0 Å². The highest BCUT2D eigenvalue weighted by Gasteiger charge is 2.25. The van der Waals surface area contributed by atoms with Gasteiger partial charge in [0, 0.05) is 36.1 Å². The first-order chi connectivity index (χ1) is 12.5. The third-order valence-corrected chi connectivity index (χ3v) is 4.61. The number of aliphatic hydroxyl groups is 1.